The molecule has 44 heavy (non-hydrogen) atoms. The minimum Gasteiger partial charge on any atom is -0.478 e. The fraction of sp³-hybridized carbons (Fsp3) is 0.270. The number of carbonyl (C=O) groups is 1. The van der Waals surface area contributed by atoms with Gasteiger partial charge in [0.1, 0.15) is 0 Å². The quantitative estimate of drug-likeness (QED) is 0.162. The predicted molar refractivity (Wildman–Crippen MR) is 175 cm³/mol. The number of rotatable bonds is 10. The van der Waals surface area contributed by atoms with E-state index in [4.69, 9.17) is 15.5 Å². The Morgan fingerprint density at radius 2 is 1.66 bits per heavy atom. The van der Waals surface area contributed by atoms with Crippen LogP contribution in [0.25, 0.3) is 33.2 Å². The Kier molecular flexibility index (Phi) is 8.57. The Bertz CT molecular complexity index is 1830. The highest BCUT2D eigenvalue weighted by Gasteiger charge is 2.28. The Morgan fingerprint density at radius 3 is 2.36 bits per heavy atom. The number of carboxylic acids is 1. The maximum atomic E-state index is 14.2. The van der Waals surface area contributed by atoms with Gasteiger partial charge in [-0.1, -0.05) is 86.5 Å². The molecule has 1 aliphatic heterocycles. The largest absolute Gasteiger partial charge is 0.478 e. The molecule has 0 bridgehead atoms. The zero-order valence-electron chi connectivity index (χ0n) is 24.9. The van der Waals surface area contributed by atoms with Crippen molar-refractivity contribution in [3.63, 3.8) is 0 Å². The van der Waals surface area contributed by atoms with Gasteiger partial charge in [0.2, 0.25) is 5.95 Å². The van der Waals surface area contributed by atoms with E-state index in [1.807, 2.05) is 30.3 Å². The lowest BCUT2D eigenvalue weighted by Gasteiger charge is -2.18. The van der Waals surface area contributed by atoms with E-state index < -0.39 is 5.97 Å². The number of hydrogen-bond acceptors (Lipinski definition) is 5. The normalized spacial score (nSPS) is 16.4. The number of unbranched alkanes of at least 4 members (excludes halogenated alkanes) is 2. The van der Waals surface area contributed by atoms with Crippen LogP contribution in [0.4, 0.5) is 5.95 Å². The van der Waals surface area contributed by atoms with Crippen LogP contribution in [0.2, 0.25) is 0 Å². The lowest BCUT2D eigenvalue weighted by Crippen LogP contribution is -2.30. The van der Waals surface area contributed by atoms with Gasteiger partial charge in [-0.2, -0.15) is 0 Å². The van der Waals surface area contributed by atoms with Gasteiger partial charge in [-0.15, -0.1) is 0 Å². The summed E-state index contributed by atoms with van der Waals surface area (Å²) in [7, 11) is 0. The number of aromatic nitrogens is 2. The van der Waals surface area contributed by atoms with Crippen molar-refractivity contribution in [1.29, 1.82) is 0 Å². The first-order valence-electron chi connectivity index (χ1n) is 15.4. The molecule has 2 atom stereocenters. The van der Waals surface area contributed by atoms with Crippen LogP contribution < -0.4 is 11.3 Å². The van der Waals surface area contributed by atoms with Gasteiger partial charge in [0.25, 0.3) is 5.56 Å². The van der Waals surface area contributed by atoms with Crippen molar-refractivity contribution in [2.75, 3.05) is 5.73 Å². The highest BCUT2D eigenvalue weighted by atomic mass is 16.5. The van der Waals surface area contributed by atoms with E-state index in [0.29, 0.717) is 23.0 Å². The smallest absolute Gasteiger partial charge is 0.335 e. The molecule has 1 aromatic heterocycles. The van der Waals surface area contributed by atoms with Gasteiger partial charge < -0.3 is 15.6 Å². The molecular weight excluding hydrogens is 550 g/mol. The fourth-order valence-electron chi connectivity index (χ4n) is 6.13. The molecule has 0 saturated carbocycles. The van der Waals surface area contributed by atoms with Crippen molar-refractivity contribution in [1.82, 2.24) is 9.55 Å². The molecule has 4 aromatic carbocycles. The maximum Gasteiger partial charge on any atom is 0.335 e. The van der Waals surface area contributed by atoms with E-state index in [9.17, 15) is 14.7 Å². The van der Waals surface area contributed by atoms with E-state index >= 15 is 0 Å². The predicted octanol–water partition coefficient (Wildman–Crippen LogP) is 7.66. The summed E-state index contributed by atoms with van der Waals surface area (Å²) in [6.07, 6.45) is 6.08. The monoisotopic (exact) mass is 587 g/mol. The van der Waals surface area contributed by atoms with E-state index in [1.54, 1.807) is 24.3 Å². The van der Waals surface area contributed by atoms with Gasteiger partial charge in [-0.3, -0.25) is 9.36 Å². The summed E-state index contributed by atoms with van der Waals surface area (Å²) in [4.78, 5) is 30.4. The number of nitrogens with zero attached hydrogens (tertiary/aromatic N) is 2. The first-order valence-corrected chi connectivity index (χ1v) is 15.4. The van der Waals surface area contributed by atoms with Gasteiger partial charge in [0.05, 0.1) is 35.2 Å². The highest BCUT2D eigenvalue weighted by Crippen LogP contribution is 2.35. The van der Waals surface area contributed by atoms with Crippen LogP contribution in [-0.2, 0) is 17.7 Å². The SMILES string of the molecule is CCCCCc1ccc(-c2cc(-c3ccc(C(=O)O)cc3)c3c(=O)n(CC4CCC(c5ccccc5)O4)c(N)nc3c2)cc1. The number of fused-ring (bicyclic) bond motifs is 1. The van der Waals surface area contributed by atoms with Crippen molar-refractivity contribution in [3.05, 3.63) is 118 Å². The number of carboxylic acid groups (broad SMARTS) is 1. The standard InChI is InChI=1S/C37H37N3O4/c1-2-3-5-8-24-11-13-25(14-12-24)29-21-31(26-15-17-28(18-16-26)36(42)43)34-32(22-29)39-37(38)40(35(34)41)23-30-19-20-33(44-30)27-9-6-4-7-10-27/h4,6-7,9-18,21-22,30,33H,2-3,5,8,19-20,23H2,1H3,(H2,38,39)(H,42,43). The molecule has 2 heterocycles. The molecule has 2 unspecified atom stereocenters. The topological polar surface area (TPSA) is 107 Å². The number of aryl methyl sites for hydroxylation is 1. The van der Waals surface area contributed by atoms with Crippen LogP contribution in [0.1, 0.15) is 66.6 Å². The fourth-order valence-corrected chi connectivity index (χ4v) is 6.13. The van der Waals surface area contributed by atoms with E-state index in [1.165, 1.54) is 23.0 Å². The lowest BCUT2D eigenvalue weighted by molar-refractivity contribution is 0.0348. The maximum absolute atomic E-state index is 14.2. The number of hydrogen-bond donors (Lipinski definition) is 2. The van der Waals surface area contributed by atoms with Crippen LogP contribution in [0.5, 0.6) is 0 Å². The van der Waals surface area contributed by atoms with Gasteiger partial charge in [0.15, 0.2) is 0 Å². The number of anilines is 1. The first kappa shape index (κ1) is 29.3. The summed E-state index contributed by atoms with van der Waals surface area (Å²) in [5.74, 6) is -0.860. The summed E-state index contributed by atoms with van der Waals surface area (Å²) in [6, 6.07) is 29.1. The zero-order chi connectivity index (χ0) is 30.6. The van der Waals surface area contributed by atoms with Crippen LogP contribution in [-0.4, -0.2) is 26.7 Å². The van der Waals surface area contributed by atoms with Crippen LogP contribution in [0.3, 0.4) is 0 Å². The Hall–Kier alpha value is -4.75. The molecule has 0 radical (unpaired) electrons. The second-order valence-electron chi connectivity index (χ2n) is 11.6. The molecule has 1 aliphatic rings. The zero-order valence-corrected chi connectivity index (χ0v) is 24.9. The molecule has 0 spiro atoms. The van der Waals surface area contributed by atoms with Crippen molar-refractivity contribution in [3.8, 4) is 22.3 Å². The molecule has 224 valence electrons. The van der Waals surface area contributed by atoms with E-state index in [0.717, 1.165) is 47.9 Å². The van der Waals surface area contributed by atoms with E-state index in [-0.39, 0.29) is 29.3 Å². The molecule has 6 rings (SSSR count). The van der Waals surface area contributed by atoms with Crippen LogP contribution in [0, 0.1) is 0 Å². The summed E-state index contributed by atoms with van der Waals surface area (Å²) >= 11 is 0. The third-order valence-electron chi connectivity index (χ3n) is 8.55. The third-order valence-corrected chi connectivity index (χ3v) is 8.55. The number of aromatic carboxylic acids is 1. The lowest BCUT2D eigenvalue weighted by atomic mass is 9.94. The van der Waals surface area contributed by atoms with Gasteiger partial charge >= 0.3 is 5.97 Å². The number of benzene rings is 4. The molecule has 0 amide bonds. The molecule has 1 fully saturated rings. The van der Waals surface area contributed by atoms with Crippen LogP contribution in [0.15, 0.2) is 95.8 Å². The Balaban J connectivity index is 1.39. The van der Waals surface area contributed by atoms with Crippen molar-refractivity contribution in [2.24, 2.45) is 0 Å². The Morgan fingerprint density at radius 1 is 0.932 bits per heavy atom. The molecule has 7 heteroatoms. The minimum atomic E-state index is -1.00. The van der Waals surface area contributed by atoms with Crippen LogP contribution >= 0.6 is 0 Å². The summed E-state index contributed by atoms with van der Waals surface area (Å²) in [6.45, 7) is 2.50. The average Bonchev–Trinajstić information content (AvgIpc) is 3.52. The number of nitrogen functional groups attached to an aromatic ring is 1. The molecule has 0 aliphatic carbocycles. The minimum absolute atomic E-state index is 0.0181. The summed E-state index contributed by atoms with van der Waals surface area (Å²) in [5.41, 5.74) is 12.6. The molecular formula is C37H37N3O4. The average molecular weight is 588 g/mol. The van der Waals surface area contributed by atoms with Crippen molar-refractivity contribution >= 4 is 22.8 Å². The van der Waals surface area contributed by atoms with Gasteiger partial charge in [-0.25, -0.2) is 9.78 Å². The third kappa shape index (κ3) is 6.15. The highest BCUT2D eigenvalue weighted by molar-refractivity contribution is 5.98. The van der Waals surface area contributed by atoms with Crippen molar-refractivity contribution in [2.45, 2.75) is 64.2 Å². The Labute approximate surface area is 257 Å². The summed E-state index contributed by atoms with van der Waals surface area (Å²) < 4.78 is 7.86. The second kappa shape index (κ2) is 12.9. The van der Waals surface area contributed by atoms with Gasteiger partial charge in [-0.05, 0) is 83.3 Å². The molecule has 1 saturated heterocycles. The first-order chi connectivity index (χ1) is 21.4. The molecule has 7 nitrogen and oxygen atoms in total. The number of ether oxygens (including phenoxy) is 1. The van der Waals surface area contributed by atoms with E-state index in [2.05, 4.69) is 43.3 Å². The summed E-state index contributed by atoms with van der Waals surface area (Å²) in [5, 5.41) is 9.89. The second-order valence-corrected chi connectivity index (χ2v) is 11.6. The molecule has 3 N–H and O–H groups in total. The molecule has 5 aromatic rings. The van der Waals surface area contributed by atoms with Gasteiger partial charge in [0, 0.05) is 0 Å². The van der Waals surface area contributed by atoms with Crippen molar-refractivity contribution < 1.29 is 14.6 Å². The number of nitrogens with two attached hydrogens (primary N) is 1.